The standard InChI is InChI=1S/C16H21BrO2/c1-6-10-13(8-3)12(5)19-16(18)15(17)14(9-4)11-7-2/h6-12,15H,1,3H2,2,4-5H3/b11-7-,13-10+,14-9+. The lowest BCUT2D eigenvalue weighted by Crippen LogP contribution is -2.24. The van der Waals surface area contributed by atoms with Gasteiger partial charge in [0.05, 0.1) is 0 Å². The maximum Gasteiger partial charge on any atom is 0.324 e. The Morgan fingerprint density at radius 3 is 2.32 bits per heavy atom. The van der Waals surface area contributed by atoms with Crippen molar-refractivity contribution >= 4 is 21.9 Å². The van der Waals surface area contributed by atoms with Crippen LogP contribution >= 0.6 is 15.9 Å². The number of esters is 1. The maximum atomic E-state index is 12.0. The van der Waals surface area contributed by atoms with E-state index in [1.54, 1.807) is 25.2 Å². The molecule has 0 radical (unpaired) electrons. The molecule has 0 heterocycles. The van der Waals surface area contributed by atoms with Crippen LogP contribution in [0, 0.1) is 0 Å². The van der Waals surface area contributed by atoms with Gasteiger partial charge in [0, 0.05) is 0 Å². The normalized spacial score (nSPS) is 16.0. The van der Waals surface area contributed by atoms with Crippen molar-refractivity contribution in [2.75, 3.05) is 0 Å². The van der Waals surface area contributed by atoms with E-state index in [0.29, 0.717) is 0 Å². The van der Waals surface area contributed by atoms with Crippen LogP contribution in [0.2, 0.25) is 0 Å². The van der Waals surface area contributed by atoms with Crippen LogP contribution in [0.15, 0.2) is 60.8 Å². The smallest absolute Gasteiger partial charge is 0.324 e. The molecule has 0 aliphatic rings. The Hall–Kier alpha value is -1.35. The van der Waals surface area contributed by atoms with Crippen LogP contribution in [0.1, 0.15) is 20.8 Å². The van der Waals surface area contributed by atoms with Gasteiger partial charge in [0.1, 0.15) is 10.9 Å². The number of hydrogen-bond acceptors (Lipinski definition) is 2. The monoisotopic (exact) mass is 324 g/mol. The highest BCUT2D eigenvalue weighted by molar-refractivity contribution is 9.10. The number of ether oxygens (including phenoxy) is 1. The fourth-order valence-corrected chi connectivity index (χ4v) is 1.99. The Labute approximate surface area is 124 Å². The van der Waals surface area contributed by atoms with Gasteiger partial charge in [-0.2, -0.15) is 0 Å². The highest BCUT2D eigenvalue weighted by Gasteiger charge is 2.22. The number of carbonyl (C=O) groups is 1. The molecule has 0 aromatic carbocycles. The van der Waals surface area contributed by atoms with Crippen LogP contribution in [0.4, 0.5) is 0 Å². The summed E-state index contributed by atoms with van der Waals surface area (Å²) in [7, 11) is 0. The molecule has 0 amide bonds. The highest BCUT2D eigenvalue weighted by Crippen LogP contribution is 2.18. The first-order valence-corrected chi connectivity index (χ1v) is 7.01. The molecule has 2 atom stereocenters. The van der Waals surface area contributed by atoms with Gasteiger partial charge in [0.15, 0.2) is 0 Å². The summed E-state index contributed by atoms with van der Waals surface area (Å²) in [6.45, 7) is 12.9. The van der Waals surface area contributed by atoms with Crippen molar-refractivity contribution in [3.8, 4) is 0 Å². The SMILES string of the molecule is C=C/C=C(\C=C)C(C)OC(=O)C(Br)C(/C=C\C)=C/C. The third-order valence-corrected chi connectivity index (χ3v) is 3.40. The molecule has 19 heavy (non-hydrogen) atoms. The first-order chi connectivity index (χ1) is 9.01. The zero-order valence-electron chi connectivity index (χ0n) is 11.7. The Bertz CT molecular complexity index is 416. The summed E-state index contributed by atoms with van der Waals surface area (Å²) in [5, 5.41) is 0. The third kappa shape index (κ3) is 5.88. The lowest BCUT2D eigenvalue weighted by Gasteiger charge is -2.17. The summed E-state index contributed by atoms with van der Waals surface area (Å²) in [6, 6.07) is 0. The average molecular weight is 325 g/mol. The van der Waals surface area contributed by atoms with Crippen LogP contribution < -0.4 is 0 Å². The molecule has 0 aliphatic heterocycles. The summed E-state index contributed by atoms with van der Waals surface area (Å²) >= 11 is 3.35. The van der Waals surface area contributed by atoms with E-state index < -0.39 is 4.83 Å². The van der Waals surface area contributed by atoms with Crippen LogP contribution in [-0.4, -0.2) is 16.9 Å². The van der Waals surface area contributed by atoms with Crippen molar-refractivity contribution in [3.63, 3.8) is 0 Å². The second-order valence-electron chi connectivity index (χ2n) is 3.84. The molecule has 0 N–H and O–H groups in total. The van der Waals surface area contributed by atoms with Crippen LogP contribution in [0.5, 0.6) is 0 Å². The van der Waals surface area contributed by atoms with Gasteiger partial charge in [-0.1, -0.05) is 65.5 Å². The van der Waals surface area contributed by atoms with E-state index in [0.717, 1.165) is 11.1 Å². The molecule has 0 bridgehead atoms. The molecule has 0 rings (SSSR count). The van der Waals surface area contributed by atoms with E-state index in [1.807, 2.05) is 32.1 Å². The molecule has 2 unspecified atom stereocenters. The number of halogens is 1. The van der Waals surface area contributed by atoms with Gasteiger partial charge < -0.3 is 4.74 Å². The minimum atomic E-state index is -0.467. The molecule has 0 saturated carbocycles. The maximum absolute atomic E-state index is 12.0. The van der Waals surface area contributed by atoms with Crippen molar-refractivity contribution in [3.05, 3.63) is 60.8 Å². The minimum absolute atomic E-state index is 0.324. The van der Waals surface area contributed by atoms with Crippen molar-refractivity contribution < 1.29 is 9.53 Å². The lowest BCUT2D eigenvalue weighted by molar-refractivity contribution is -0.144. The van der Waals surface area contributed by atoms with Gasteiger partial charge in [-0.05, 0) is 31.9 Å². The molecule has 3 heteroatoms. The zero-order chi connectivity index (χ0) is 14.8. The third-order valence-electron chi connectivity index (χ3n) is 2.50. The minimum Gasteiger partial charge on any atom is -0.457 e. The summed E-state index contributed by atoms with van der Waals surface area (Å²) in [5.74, 6) is -0.324. The van der Waals surface area contributed by atoms with E-state index in [4.69, 9.17) is 4.74 Å². The first-order valence-electron chi connectivity index (χ1n) is 6.10. The van der Waals surface area contributed by atoms with Crippen molar-refractivity contribution in [2.45, 2.75) is 31.7 Å². The molecule has 0 aliphatic carbocycles. The van der Waals surface area contributed by atoms with Gasteiger partial charge in [-0.15, -0.1) is 0 Å². The second-order valence-corrected chi connectivity index (χ2v) is 4.75. The molecular formula is C16H21BrO2. The quantitative estimate of drug-likeness (QED) is 0.391. The van der Waals surface area contributed by atoms with Gasteiger partial charge in [0.2, 0.25) is 0 Å². The number of allylic oxidation sites excluding steroid dienone is 5. The highest BCUT2D eigenvalue weighted by atomic mass is 79.9. The van der Waals surface area contributed by atoms with E-state index in [9.17, 15) is 4.79 Å². The molecule has 0 saturated heterocycles. The van der Waals surface area contributed by atoms with Gasteiger partial charge >= 0.3 is 5.97 Å². The van der Waals surface area contributed by atoms with Gasteiger partial charge in [0.25, 0.3) is 0 Å². The predicted octanol–water partition coefficient (Wildman–Crippen LogP) is 4.50. The van der Waals surface area contributed by atoms with Gasteiger partial charge in [-0.3, -0.25) is 4.79 Å². The Morgan fingerprint density at radius 2 is 1.89 bits per heavy atom. The van der Waals surface area contributed by atoms with Crippen molar-refractivity contribution in [1.29, 1.82) is 0 Å². The van der Waals surface area contributed by atoms with Crippen molar-refractivity contribution in [1.82, 2.24) is 0 Å². The molecule has 0 aromatic heterocycles. The summed E-state index contributed by atoms with van der Waals surface area (Å²) in [6.07, 6.45) is 10.4. The fourth-order valence-electron chi connectivity index (χ4n) is 1.46. The second kappa shape index (κ2) is 9.56. The molecule has 0 spiro atoms. The Balaban J connectivity index is 4.82. The fraction of sp³-hybridized carbons (Fsp3) is 0.312. The molecule has 0 aromatic rings. The van der Waals surface area contributed by atoms with E-state index >= 15 is 0 Å². The van der Waals surface area contributed by atoms with Crippen molar-refractivity contribution in [2.24, 2.45) is 0 Å². The molecule has 104 valence electrons. The zero-order valence-corrected chi connectivity index (χ0v) is 13.3. The molecule has 2 nitrogen and oxygen atoms in total. The predicted molar refractivity (Wildman–Crippen MR) is 85.3 cm³/mol. The van der Waals surface area contributed by atoms with Gasteiger partial charge in [-0.25, -0.2) is 0 Å². The summed E-state index contributed by atoms with van der Waals surface area (Å²) in [5.41, 5.74) is 1.68. The number of rotatable bonds is 7. The first kappa shape index (κ1) is 17.6. The topological polar surface area (TPSA) is 26.3 Å². The van der Waals surface area contributed by atoms with Crippen LogP contribution in [-0.2, 0) is 9.53 Å². The van der Waals surface area contributed by atoms with E-state index in [-0.39, 0.29) is 12.1 Å². The molecule has 0 fully saturated rings. The van der Waals surface area contributed by atoms with Crippen LogP contribution in [0.25, 0.3) is 0 Å². The molecular weight excluding hydrogens is 304 g/mol. The number of carbonyl (C=O) groups excluding carboxylic acids is 1. The Morgan fingerprint density at radius 1 is 1.26 bits per heavy atom. The average Bonchev–Trinajstić information content (AvgIpc) is 2.40. The summed E-state index contributed by atoms with van der Waals surface area (Å²) < 4.78 is 5.40. The van der Waals surface area contributed by atoms with E-state index in [1.165, 1.54) is 0 Å². The Kier molecular flexibility index (Phi) is 8.88. The lowest BCUT2D eigenvalue weighted by atomic mass is 10.1. The number of hydrogen-bond donors (Lipinski definition) is 0. The summed E-state index contributed by atoms with van der Waals surface area (Å²) in [4.78, 5) is 11.6. The number of alkyl halides is 1. The van der Waals surface area contributed by atoms with Crippen LogP contribution in [0.3, 0.4) is 0 Å². The largest absolute Gasteiger partial charge is 0.457 e. The van der Waals surface area contributed by atoms with E-state index in [2.05, 4.69) is 29.1 Å².